The molecule has 1 heterocycles. The second-order valence-electron chi connectivity index (χ2n) is 41.7. The Bertz CT molecular complexity index is 5440. The van der Waals surface area contributed by atoms with E-state index in [-0.39, 0.29) is 100 Å². The summed E-state index contributed by atoms with van der Waals surface area (Å²) >= 11 is 0. The van der Waals surface area contributed by atoms with Crippen LogP contribution in [0.3, 0.4) is 0 Å². The van der Waals surface area contributed by atoms with E-state index >= 15 is 17.6 Å². The molecule has 0 N–H and O–H groups in total. The van der Waals surface area contributed by atoms with Crippen molar-refractivity contribution >= 4 is 16.9 Å². The van der Waals surface area contributed by atoms with E-state index in [0.717, 1.165) is 146 Å². The number of anilines is 2. The van der Waals surface area contributed by atoms with Crippen LogP contribution in [-0.2, 0) is 19.6 Å². The van der Waals surface area contributed by atoms with Gasteiger partial charge in [-0.25, -0.2) is 17.6 Å². The Morgan fingerprint density at radius 3 is 2.11 bits per heavy atom. The minimum absolute atomic E-state index is 0.0245. The lowest BCUT2D eigenvalue weighted by molar-refractivity contribution is 0.0132. The second kappa shape index (κ2) is 37.0. The average Bonchev–Trinajstić information content (AvgIpc) is 1.54. The molecule has 3 aromatic rings. The zero-order valence-corrected chi connectivity index (χ0v) is 76.1. The van der Waals surface area contributed by atoms with Crippen molar-refractivity contribution in [2.45, 2.75) is 256 Å². The fourth-order valence-corrected chi connectivity index (χ4v) is 25.8. The van der Waals surface area contributed by atoms with E-state index in [1.807, 2.05) is 12.2 Å². The molecule has 19 rings (SSSR count). The highest BCUT2D eigenvalue weighted by atomic mass is 19.2. The minimum Gasteiger partial charge on any atom is -0.374 e. The number of nitrogens with zero attached hydrogens (tertiary/aromatic N) is 2. The maximum Gasteiger partial charge on any atom is 0.160 e. The molecule has 5 nitrogen and oxygen atoms in total. The molecule has 1 fully saturated rings. The Balaban J connectivity index is 0.574. The van der Waals surface area contributed by atoms with Crippen molar-refractivity contribution < 1.29 is 31.8 Å². The molecule has 3 aromatic carbocycles. The van der Waals surface area contributed by atoms with Gasteiger partial charge in [0.1, 0.15) is 5.83 Å². The lowest BCUT2D eigenvalue weighted by Gasteiger charge is -2.50. The predicted octanol–water partition coefficient (Wildman–Crippen LogP) is 30.2. The molecule has 1 aliphatic heterocycles. The number of hydrogen-bond donors (Lipinski definition) is 0. The fourth-order valence-electron chi connectivity index (χ4n) is 25.8. The average molecular weight is 1700 g/mol. The minimum atomic E-state index is -1.68. The van der Waals surface area contributed by atoms with Crippen molar-refractivity contribution in [1.29, 1.82) is 0 Å². The number of alkyl halides is 1. The molecule has 0 amide bonds. The van der Waals surface area contributed by atoms with Crippen molar-refractivity contribution in [2.24, 2.45) is 69.5 Å². The molecule has 0 aromatic heterocycles. The number of unbranched alkanes of at least 4 members (excludes halogenated alkanes) is 2. The standard InChI is InChI=1S/C118H134F4N2O3/c1-9-77-35-57-97(58-36-77)125-67-17-15-21-79-31-41-87(42-32-79)117(89-49-45-85(46-50-89)115(3,4)5)105-29-13-11-27-99(105)101-61-39-83(71-107(101)117)81-23-19-25-91(69-81)123(93-55-65-109(119)111(121)73-93)95-53-63-103-104-64-54-96(76-114(104)127-113(103)75-95)124(94-56-66-110(120)112(122)74-94)92-26-20-24-82(70-92)84-40-62-102-100-28-12-14-30-106(100)118(108(102)72-84,90-51-47-86(48-52-90)116(6,7)8)88-43-33-80(34-44-88)22-16-18-68-126-98-59-37-78(10-2)38-60-98/h9-11,13-14,19-20,23,25-27,29-32,35-37,39-41,43,45,47,49,53-57,59,61-65,69-70,72-74,78,80,82-83,87,90,95-98,102-104,108,110,113-114H,1-2,12,15-18,21-22,24,28,33-34,38,42,44,46,48,50-52,58,60,66-68,71,75-76H2,3-8H3. The van der Waals surface area contributed by atoms with Crippen LogP contribution >= 0.6 is 0 Å². The lowest BCUT2D eigenvalue weighted by Crippen LogP contribution is -2.42. The van der Waals surface area contributed by atoms with Crippen LogP contribution in [0.1, 0.15) is 225 Å². The third-order valence-corrected chi connectivity index (χ3v) is 32.4. The van der Waals surface area contributed by atoms with E-state index in [2.05, 4.69) is 277 Å². The molecule has 9 heteroatoms. The van der Waals surface area contributed by atoms with E-state index in [4.69, 9.17) is 14.2 Å². The zero-order valence-electron chi connectivity index (χ0n) is 76.1. The van der Waals surface area contributed by atoms with Gasteiger partial charge in [-0.05, 0) is 257 Å². The monoisotopic (exact) mass is 1700 g/mol. The first kappa shape index (κ1) is 87.2. The largest absolute Gasteiger partial charge is 0.374 e. The van der Waals surface area contributed by atoms with E-state index in [9.17, 15) is 0 Å². The summed E-state index contributed by atoms with van der Waals surface area (Å²) in [7, 11) is 0. The third-order valence-electron chi connectivity index (χ3n) is 32.4. The number of halogens is 4. The Labute approximate surface area is 756 Å². The SMILES string of the molecule is C=CC1=CCC(OCCCCC2=CCC(C3(C4=CC=C(C(C)(C)C)CC4)C4=C(C=CC(c5cccc(N(c6ccc(F)c(F)c6)C6C=CC7C(C6)OC6CC(N(C8=CCC(F)C(F)=C8)C8=CC(C9=CC%10C(C=C9)C9=C(C=CCC9)C%10(C9=CCC(CCCCOC%10C=CC(C=C)CC%10)CC9)C9CC=C(C(C)(C)C)CC9)CC=C8)C=CC67)c5)C4)c4ccccc43)C=C2)C=C1. The molecule has 15 aliphatic carbocycles. The quantitative estimate of drug-likeness (QED) is 0.0455. The van der Waals surface area contributed by atoms with Crippen molar-refractivity contribution in [3.05, 3.63) is 363 Å². The summed E-state index contributed by atoms with van der Waals surface area (Å²) in [4.78, 5) is 4.50. The van der Waals surface area contributed by atoms with E-state index in [1.165, 1.54) is 94.0 Å². The zero-order chi connectivity index (χ0) is 87.3. The first-order chi connectivity index (χ1) is 61.7. The van der Waals surface area contributed by atoms with Gasteiger partial charge in [0.15, 0.2) is 17.8 Å². The van der Waals surface area contributed by atoms with Crippen LogP contribution in [0.4, 0.5) is 28.9 Å². The highest BCUT2D eigenvalue weighted by Gasteiger charge is 2.59. The Morgan fingerprint density at radius 2 is 1.39 bits per heavy atom. The van der Waals surface area contributed by atoms with Gasteiger partial charge in [0, 0.05) is 94.8 Å². The van der Waals surface area contributed by atoms with Crippen LogP contribution in [0.2, 0.25) is 0 Å². The number of benzene rings is 3. The first-order valence-electron chi connectivity index (χ1n) is 49.0. The third kappa shape index (κ3) is 17.3. The van der Waals surface area contributed by atoms with Crippen LogP contribution < -0.4 is 4.90 Å². The summed E-state index contributed by atoms with van der Waals surface area (Å²) in [6, 6.07) is 21.9. The van der Waals surface area contributed by atoms with Crippen molar-refractivity contribution in [1.82, 2.24) is 4.90 Å². The second-order valence-corrected chi connectivity index (χ2v) is 41.7. The molecule has 0 bridgehead atoms. The number of allylic oxidation sites excluding steroid dienone is 35. The fraction of sp³-hybridized carbons (Fsp3) is 0.458. The predicted molar refractivity (Wildman–Crippen MR) is 515 cm³/mol. The van der Waals surface area contributed by atoms with E-state index in [1.54, 1.807) is 28.4 Å². The molecule has 0 spiro atoms. The summed E-state index contributed by atoms with van der Waals surface area (Å²) < 4.78 is 83.1. The number of rotatable bonds is 26. The van der Waals surface area contributed by atoms with Gasteiger partial charge in [-0.15, -0.1) is 6.58 Å². The number of fused-ring (bicyclic) bond motifs is 7. The van der Waals surface area contributed by atoms with Gasteiger partial charge >= 0.3 is 0 Å². The first-order valence-corrected chi connectivity index (χ1v) is 49.0. The van der Waals surface area contributed by atoms with Crippen molar-refractivity contribution in [2.75, 3.05) is 18.1 Å². The van der Waals surface area contributed by atoms with Crippen LogP contribution in [0, 0.1) is 81.1 Å². The molecular formula is C118H134F4N2O3. The highest BCUT2D eigenvalue weighted by Crippen LogP contribution is 2.68. The van der Waals surface area contributed by atoms with Gasteiger partial charge in [-0.3, -0.25) is 0 Å². The molecule has 0 radical (unpaired) electrons. The summed E-state index contributed by atoms with van der Waals surface area (Å²) in [5.74, 6) is 0.156. The molecule has 1 saturated heterocycles. The highest BCUT2D eigenvalue weighted by molar-refractivity contribution is 5.90. The molecule has 0 saturated carbocycles. The topological polar surface area (TPSA) is 34.2 Å². The summed E-state index contributed by atoms with van der Waals surface area (Å²) in [5, 5.41) is 0. The Hall–Kier alpha value is -9.12. The summed E-state index contributed by atoms with van der Waals surface area (Å²) in [6.45, 7) is 23.7. The van der Waals surface area contributed by atoms with E-state index in [0.29, 0.717) is 47.9 Å². The van der Waals surface area contributed by atoms with Gasteiger partial charge in [0.2, 0.25) is 0 Å². The maximum atomic E-state index is 16.1. The smallest absolute Gasteiger partial charge is 0.160 e. The van der Waals surface area contributed by atoms with Gasteiger partial charge < -0.3 is 24.0 Å². The number of hydrogen-bond acceptors (Lipinski definition) is 5. The van der Waals surface area contributed by atoms with Gasteiger partial charge in [0.05, 0.1) is 36.5 Å². The Morgan fingerprint density at radius 1 is 0.583 bits per heavy atom. The molecule has 662 valence electrons. The van der Waals surface area contributed by atoms with E-state index < -0.39 is 23.6 Å². The maximum absolute atomic E-state index is 16.1. The van der Waals surface area contributed by atoms with Crippen LogP contribution in [-0.4, -0.2) is 60.8 Å². The van der Waals surface area contributed by atoms with Crippen molar-refractivity contribution in [3.8, 4) is 0 Å². The molecule has 19 unspecified atom stereocenters. The molecule has 19 atom stereocenters. The molecule has 16 aliphatic rings. The van der Waals surface area contributed by atoms with Gasteiger partial charge in [-0.2, -0.15) is 0 Å². The van der Waals surface area contributed by atoms with Crippen LogP contribution in [0.25, 0.3) is 5.57 Å². The summed E-state index contributed by atoms with van der Waals surface area (Å²) in [5.41, 5.74) is 23.0. The van der Waals surface area contributed by atoms with Gasteiger partial charge in [-0.1, -0.05) is 301 Å². The normalized spacial score (nSPS) is 32.8. The summed E-state index contributed by atoms with van der Waals surface area (Å²) in [6.07, 6.45) is 93.2. The van der Waals surface area contributed by atoms with Crippen LogP contribution in [0.15, 0.2) is 335 Å². The molecular weight excluding hydrogens is 1570 g/mol. The van der Waals surface area contributed by atoms with Crippen LogP contribution in [0.5, 0.6) is 0 Å². The van der Waals surface area contributed by atoms with Gasteiger partial charge in [0.25, 0.3) is 0 Å². The van der Waals surface area contributed by atoms with Crippen molar-refractivity contribution in [3.63, 3.8) is 0 Å². The molecule has 127 heavy (non-hydrogen) atoms. The lowest BCUT2D eigenvalue weighted by atomic mass is 9.53. The number of ether oxygens (including phenoxy) is 3. The Kier molecular flexibility index (Phi) is 25.4.